The number of ether oxygens (including phenoxy) is 1. The zero-order valence-electron chi connectivity index (χ0n) is 20.6. The Hall–Kier alpha value is -4.31. The summed E-state index contributed by atoms with van der Waals surface area (Å²) in [5, 5.41) is 15.6. The number of hydrogen-bond donors (Lipinski definition) is 0. The summed E-state index contributed by atoms with van der Waals surface area (Å²) >= 11 is 0. The number of halogens is 1. The van der Waals surface area contributed by atoms with Gasteiger partial charge in [-0.15, -0.1) is 4.68 Å². The third kappa shape index (κ3) is 6.47. The van der Waals surface area contributed by atoms with Crippen LogP contribution in [0.5, 0.6) is 5.75 Å². The van der Waals surface area contributed by atoms with E-state index in [1.54, 1.807) is 35.0 Å². The molecular formula is C27H26BrN5O4. The highest BCUT2D eigenvalue weighted by molar-refractivity contribution is 5.95. The van der Waals surface area contributed by atoms with Gasteiger partial charge in [-0.05, 0) is 54.1 Å². The van der Waals surface area contributed by atoms with Crippen molar-refractivity contribution in [3.8, 4) is 17.1 Å². The molecule has 0 radical (unpaired) electrons. The lowest BCUT2D eigenvalue weighted by atomic mass is 10.1. The summed E-state index contributed by atoms with van der Waals surface area (Å²) in [4.78, 5) is 25.5. The highest BCUT2D eigenvalue weighted by atomic mass is 79.9. The number of carbonyl (C=O) groups is 1. The summed E-state index contributed by atoms with van der Waals surface area (Å²) in [7, 11) is 5.58. The monoisotopic (exact) mass is 563 g/mol. The van der Waals surface area contributed by atoms with Gasteiger partial charge in [0.05, 0.1) is 23.8 Å². The number of imidazole rings is 1. The highest BCUT2D eigenvalue weighted by Gasteiger charge is 2.23. The Morgan fingerprint density at radius 1 is 1.05 bits per heavy atom. The molecule has 0 unspecified atom stereocenters. The molecule has 0 N–H and O–H groups in total. The van der Waals surface area contributed by atoms with Crippen molar-refractivity contribution in [3.63, 3.8) is 0 Å². The lowest BCUT2D eigenvalue weighted by molar-refractivity contribution is -0.671. The SMILES string of the molecule is COc1ccc(-c2n(/N=C/c3ccc(N(C)C)cc3)cc[n+]2CC(=O)c2ccc([N+](=O)[O-])cc2)cc1.[Br-]. The van der Waals surface area contributed by atoms with Crippen LogP contribution in [0.3, 0.4) is 0 Å². The van der Waals surface area contributed by atoms with Gasteiger partial charge in [-0.1, -0.05) is 17.2 Å². The van der Waals surface area contributed by atoms with Crippen molar-refractivity contribution in [2.75, 3.05) is 26.1 Å². The Morgan fingerprint density at radius 3 is 2.27 bits per heavy atom. The smallest absolute Gasteiger partial charge is 0.314 e. The van der Waals surface area contributed by atoms with Gasteiger partial charge in [0.25, 0.3) is 5.69 Å². The van der Waals surface area contributed by atoms with Crippen LogP contribution in [0, 0.1) is 10.1 Å². The number of aromatic nitrogens is 2. The second kappa shape index (κ2) is 12.1. The number of nitro benzene ring substituents is 1. The minimum Gasteiger partial charge on any atom is -1.00 e. The first-order valence-electron chi connectivity index (χ1n) is 11.2. The fraction of sp³-hybridized carbons (Fsp3) is 0.148. The van der Waals surface area contributed by atoms with Crippen LogP contribution in [0.4, 0.5) is 11.4 Å². The average molecular weight is 564 g/mol. The highest BCUT2D eigenvalue weighted by Crippen LogP contribution is 2.21. The number of Topliss-reactive ketones (excluding diaryl/α,β-unsaturated/α-hetero) is 1. The van der Waals surface area contributed by atoms with Crippen molar-refractivity contribution in [3.05, 3.63) is 106 Å². The Bertz CT molecular complexity index is 1400. The van der Waals surface area contributed by atoms with Gasteiger partial charge in [-0.2, -0.15) is 0 Å². The number of benzene rings is 3. The van der Waals surface area contributed by atoms with E-state index in [2.05, 4.69) is 5.10 Å². The number of rotatable bonds is 9. The zero-order chi connectivity index (χ0) is 25.7. The second-order valence-corrected chi connectivity index (χ2v) is 8.28. The van der Waals surface area contributed by atoms with Gasteiger partial charge >= 0.3 is 5.82 Å². The van der Waals surface area contributed by atoms with Gasteiger partial charge in [0.1, 0.15) is 11.9 Å². The Kier molecular flexibility index (Phi) is 8.91. The van der Waals surface area contributed by atoms with Crippen LogP contribution < -0.4 is 31.2 Å². The molecule has 1 aromatic heterocycles. The van der Waals surface area contributed by atoms with Crippen LogP contribution in [0.2, 0.25) is 0 Å². The van der Waals surface area contributed by atoms with Crippen molar-refractivity contribution in [2.45, 2.75) is 6.54 Å². The summed E-state index contributed by atoms with van der Waals surface area (Å²) in [5.74, 6) is 1.24. The zero-order valence-corrected chi connectivity index (χ0v) is 22.2. The number of non-ortho nitro benzene ring substituents is 1. The van der Waals surface area contributed by atoms with Crippen molar-refractivity contribution in [1.82, 2.24) is 4.68 Å². The molecule has 0 aliphatic heterocycles. The number of carbonyl (C=O) groups excluding carboxylic acids is 1. The standard InChI is InChI=1S/C27H26N5O4.BrH/c1-29(2)23-10-4-20(5-11-23)18-28-31-17-16-30(27(31)22-8-14-25(36-3)15-9-22)19-26(33)21-6-12-24(13-7-21)32(34)35;/h4-18H,19H2,1-3H3;1H/q+1;/p-1/b28-18+;. The van der Waals surface area contributed by atoms with E-state index in [1.165, 1.54) is 24.3 Å². The lowest BCUT2D eigenvalue weighted by Crippen LogP contribution is -3.00. The first-order chi connectivity index (χ1) is 17.4. The lowest BCUT2D eigenvalue weighted by Gasteiger charge is -2.11. The molecule has 4 rings (SSSR count). The van der Waals surface area contributed by atoms with Gasteiger partial charge in [-0.25, -0.2) is 4.57 Å². The van der Waals surface area contributed by atoms with Crippen molar-refractivity contribution >= 4 is 23.4 Å². The van der Waals surface area contributed by atoms with E-state index in [0.717, 1.165) is 22.6 Å². The van der Waals surface area contributed by atoms with Gasteiger partial charge < -0.3 is 26.6 Å². The van der Waals surface area contributed by atoms with Crippen LogP contribution >= 0.6 is 0 Å². The molecule has 1 heterocycles. The number of ketones is 1. The molecule has 0 fully saturated rings. The van der Waals surface area contributed by atoms with E-state index in [1.807, 2.05) is 67.5 Å². The number of anilines is 1. The van der Waals surface area contributed by atoms with Crippen molar-refractivity contribution in [2.24, 2.45) is 5.10 Å². The summed E-state index contributed by atoms with van der Waals surface area (Å²) in [6, 6.07) is 21.1. The van der Waals surface area contributed by atoms with Gasteiger partial charge in [0.15, 0.2) is 12.7 Å². The fourth-order valence-electron chi connectivity index (χ4n) is 3.68. The maximum absolute atomic E-state index is 13.0. The third-order valence-corrected chi connectivity index (χ3v) is 5.68. The molecule has 0 bridgehead atoms. The van der Waals surface area contributed by atoms with Gasteiger partial charge in [0.2, 0.25) is 5.78 Å². The first kappa shape index (κ1) is 27.3. The average Bonchev–Trinajstić information content (AvgIpc) is 3.29. The Labute approximate surface area is 225 Å². The normalized spacial score (nSPS) is 10.7. The predicted octanol–water partition coefficient (Wildman–Crippen LogP) is 1.19. The molecule has 3 aromatic carbocycles. The molecule has 0 atom stereocenters. The molecular weight excluding hydrogens is 538 g/mol. The molecule has 0 saturated carbocycles. The third-order valence-electron chi connectivity index (χ3n) is 5.68. The van der Waals surface area contributed by atoms with Crippen LogP contribution in [-0.4, -0.2) is 42.8 Å². The van der Waals surface area contributed by atoms with Gasteiger partial charge in [0, 0.05) is 37.5 Å². The maximum atomic E-state index is 13.0. The summed E-state index contributed by atoms with van der Waals surface area (Å²) in [6.45, 7) is 0.0409. The van der Waals surface area contributed by atoms with E-state index < -0.39 is 4.92 Å². The second-order valence-electron chi connectivity index (χ2n) is 8.28. The molecule has 0 saturated heterocycles. The van der Waals surface area contributed by atoms with Crippen molar-refractivity contribution in [1.29, 1.82) is 0 Å². The minimum absolute atomic E-state index is 0. The fourth-order valence-corrected chi connectivity index (χ4v) is 3.68. The predicted molar refractivity (Wildman–Crippen MR) is 138 cm³/mol. The number of nitrogens with zero attached hydrogens (tertiary/aromatic N) is 5. The molecule has 10 heteroatoms. The van der Waals surface area contributed by atoms with Crippen LogP contribution in [0.25, 0.3) is 11.4 Å². The first-order valence-corrected chi connectivity index (χ1v) is 11.2. The van der Waals surface area contributed by atoms with E-state index >= 15 is 0 Å². The Morgan fingerprint density at radius 2 is 1.70 bits per heavy atom. The van der Waals surface area contributed by atoms with E-state index in [-0.39, 0.29) is 35.0 Å². The van der Waals surface area contributed by atoms with Crippen molar-refractivity contribution < 1.29 is 36.0 Å². The molecule has 0 aliphatic rings. The molecule has 0 aliphatic carbocycles. The minimum atomic E-state index is -0.489. The largest absolute Gasteiger partial charge is 1.00 e. The quantitative estimate of drug-likeness (QED) is 0.100. The molecule has 190 valence electrons. The molecule has 4 aromatic rings. The molecule has 37 heavy (non-hydrogen) atoms. The summed E-state index contributed by atoms with van der Waals surface area (Å²) in [6.07, 6.45) is 5.33. The number of methoxy groups -OCH3 is 1. The van der Waals surface area contributed by atoms with E-state index in [0.29, 0.717) is 11.4 Å². The van der Waals surface area contributed by atoms with E-state index in [9.17, 15) is 14.9 Å². The van der Waals surface area contributed by atoms with Crippen LogP contribution in [0.15, 0.2) is 90.3 Å². The summed E-state index contributed by atoms with van der Waals surface area (Å²) in [5.41, 5.74) is 3.21. The molecule has 0 spiro atoms. The molecule has 9 nitrogen and oxygen atoms in total. The topological polar surface area (TPSA) is 93.8 Å². The molecule has 0 amide bonds. The Balaban J connectivity index is 0.00000380. The number of nitro groups is 1. The van der Waals surface area contributed by atoms with Gasteiger partial charge in [-0.3, -0.25) is 14.9 Å². The van der Waals surface area contributed by atoms with Crippen LogP contribution in [-0.2, 0) is 6.54 Å². The maximum Gasteiger partial charge on any atom is 0.314 e. The number of hydrogen-bond acceptors (Lipinski definition) is 6. The summed E-state index contributed by atoms with van der Waals surface area (Å²) < 4.78 is 8.80. The van der Waals surface area contributed by atoms with E-state index in [4.69, 9.17) is 4.74 Å². The van der Waals surface area contributed by atoms with Crippen LogP contribution in [0.1, 0.15) is 15.9 Å².